The van der Waals surface area contributed by atoms with Gasteiger partial charge >= 0.3 is 0 Å². The van der Waals surface area contributed by atoms with Crippen LogP contribution in [0.1, 0.15) is 40.0 Å². The molecule has 164 valence electrons. The molecule has 0 N–H and O–H groups in total. The molecule has 0 unspecified atom stereocenters. The maximum absolute atomic E-state index is 13.7. The highest BCUT2D eigenvalue weighted by atomic mass is 32.2. The van der Waals surface area contributed by atoms with E-state index in [1.165, 1.54) is 0 Å². The van der Waals surface area contributed by atoms with Crippen LogP contribution in [-0.4, -0.2) is 51.7 Å². The molecule has 5 rings (SSSR count). The number of fused-ring (bicyclic) bond motifs is 2. The number of hydrogen-bond acceptors (Lipinski definition) is 4. The zero-order valence-electron chi connectivity index (χ0n) is 18.2. The van der Waals surface area contributed by atoms with Crippen molar-refractivity contribution in [2.75, 3.05) is 31.7 Å². The van der Waals surface area contributed by atoms with E-state index in [1.807, 2.05) is 53.4 Å². The average molecular weight is 447 g/mol. The molecule has 0 saturated carbocycles. The van der Waals surface area contributed by atoms with Gasteiger partial charge in [-0.25, -0.2) is 4.98 Å². The molecule has 5 nitrogen and oxygen atoms in total. The van der Waals surface area contributed by atoms with E-state index in [4.69, 9.17) is 9.72 Å². The van der Waals surface area contributed by atoms with E-state index >= 15 is 0 Å². The maximum Gasteiger partial charge on any atom is 0.254 e. The molecule has 3 aromatic rings. The number of hydrogen-bond donors (Lipinski definition) is 0. The summed E-state index contributed by atoms with van der Waals surface area (Å²) in [6.45, 7) is 1.09. The topological polar surface area (TPSA) is 59.5 Å². The molecule has 1 amide bonds. The maximum atomic E-state index is 13.7. The highest BCUT2D eigenvalue weighted by molar-refractivity contribution is 7.85. The number of pyridine rings is 1. The number of amides is 1. The predicted octanol–water partition coefficient (Wildman–Crippen LogP) is 4.32. The zero-order valence-corrected chi connectivity index (χ0v) is 19.0. The van der Waals surface area contributed by atoms with Gasteiger partial charge in [0, 0.05) is 40.8 Å². The monoisotopic (exact) mass is 446 g/mol. The van der Waals surface area contributed by atoms with E-state index in [0.717, 1.165) is 63.9 Å². The third-order valence-corrected chi connectivity index (χ3v) is 7.58. The van der Waals surface area contributed by atoms with Crippen LogP contribution in [0.25, 0.3) is 22.6 Å². The van der Waals surface area contributed by atoms with Gasteiger partial charge in [-0.15, -0.1) is 0 Å². The fourth-order valence-corrected chi connectivity index (χ4v) is 5.67. The van der Waals surface area contributed by atoms with Crippen molar-refractivity contribution >= 4 is 39.3 Å². The Morgan fingerprint density at radius 1 is 1.06 bits per heavy atom. The Bertz CT molecular complexity index is 1220. The second kappa shape index (κ2) is 8.87. The van der Waals surface area contributed by atoms with E-state index in [-0.39, 0.29) is 5.91 Å². The summed E-state index contributed by atoms with van der Waals surface area (Å²) in [5, 5.41) is 0.911. The van der Waals surface area contributed by atoms with Gasteiger partial charge in [0.05, 0.1) is 23.9 Å². The van der Waals surface area contributed by atoms with Crippen LogP contribution in [0, 0.1) is 0 Å². The van der Waals surface area contributed by atoms with Crippen LogP contribution >= 0.6 is 0 Å². The number of benzene rings is 2. The minimum Gasteiger partial charge on any atom is -0.497 e. The molecular formula is C26H26N2O3S. The summed E-state index contributed by atoms with van der Waals surface area (Å²) in [6.07, 6.45) is 4.94. The van der Waals surface area contributed by atoms with Crippen molar-refractivity contribution in [3.8, 4) is 5.75 Å². The highest BCUT2D eigenvalue weighted by Crippen LogP contribution is 2.37. The molecule has 32 heavy (non-hydrogen) atoms. The summed E-state index contributed by atoms with van der Waals surface area (Å²) in [6, 6.07) is 15.9. The smallest absolute Gasteiger partial charge is 0.254 e. The van der Waals surface area contributed by atoms with Crippen molar-refractivity contribution in [3.05, 3.63) is 70.9 Å². The first-order valence-corrected chi connectivity index (χ1v) is 12.5. The van der Waals surface area contributed by atoms with Crippen LogP contribution in [0.3, 0.4) is 0 Å². The van der Waals surface area contributed by atoms with Gasteiger partial charge < -0.3 is 9.64 Å². The van der Waals surface area contributed by atoms with Crippen LogP contribution in [0.15, 0.2) is 48.5 Å². The molecule has 0 bridgehead atoms. The van der Waals surface area contributed by atoms with Crippen molar-refractivity contribution in [2.24, 2.45) is 0 Å². The van der Waals surface area contributed by atoms with E-state index in [9.17, 15) is 9.00 Å². The second-order valence-corrected chi connectivity index (χ2v) is 9.96. The van der Waals surface area contributed by atoms with E-state index in [2.05, 4.69) is 6.08 Å². The van der Waals surface area contributed by atoms with Gasteiger partial charge in [-0.1, -0.05) is 30.3 Å². The number of carbonyl (C=O) groups excluding carboxylic acids is 1. The molecule has 0 spiro atoms. The van der Waals surface area contributed by atoms with Gasteiger partial charge in [0.1, 0.15) is 5.75 Å². The number of allylic oxidation sites excluding steroid dienone is 1. The molecule has 1 aromatic heterocycles. The first kappa shape index (κ1) is 20.9. The zero-order chi connectivity index (χ0) is 22.1. The Kier molecular flexibility index (Phi) is 5.79. The predicted molar refractivity (Wildman–Crippen MR) is 129 cm³/mol. The number of para-hydroxylation sites is 1. The van der Waals surface area contributed by atoms with Crippen molar-refractivity contribution in [1.29, 1.82) is 0 Å². The van der Waals surface area contributed by atoms with Gasteiger partial charge in [0.25, 0.3) is 5.91 Å². The van der Waals surface area contributed by atoms with Gasteiger partial charge in [-0.05, 0) is 60.2 Å². The lowest BCUT2D eigenvalue weighted by Gasteiger charge is -2.29. The Labute approximate surface area is 190 Å². The van der Waals surface area contributed by atoms with Gasteiger partial charge in [-0.3, -0.25) is 9.00 Å². The van der Waals surface area contributed by atoms with E-state index in [1.54, 1.807) is 7.11 Å². The molecule has 2 aliphatic rings. The Morgan fingerprint density at radius 3 is 2.56 bits per heavy atom. The average Bonchev–Trinajstić information content (AvgIpc) is 2.83. The molecule has 1 aliphatic heterocycles. The number of aromatic nitrogens is 1. The Balaban J connectivity index is 1.62. The summed E-state index contributed by atoms with van der Waals surface area (Å²) < 4.78 is 17.1. The number of methoxy groups -OCH3 is 1. The highest BCUT2D eigenvalue weighted by Gasteiger charge is 2.29. The molecule has 6 heteroatoms. The number of nitrogens with zero attached hydrogens (tertiary/aromatic N) is 2. The van der Waals surface area contributed by atoms with E-state index in [0.29, 0.717) is 24.6 Å². The largest absolute Gasteiger partial charge is 0.497 e. The summed E-state index contributed by atoms with van der Waals surface area (Å²) >= 11 is 0. The van der Waals surface area contributed by atoms with Crippen molar-refractivity contribution < 1.29 is 13.7 Å². The van der Waals surface area contributed by atoms with Crippen molar-refractivity contribution in [3.63, 3.8) is 0 Å². The standard InChI is InChI=1S/C26H26N2O3S/c1-31-20-11-9-18(10-12-20)17-19-5-4-7-22-24(26(29)28-13-15-32(30)16-14-28)21-6-2-3-8-23(21)27-25(19)22/h2-3,6,8-12,17H,4-5,7,13-16H2,1H3/b19-17+. The SMILES string of the molecule is COc1ccc(/C=C2\CCCc3c2nc2ccccc2c3C(=O)N2CCS(=O)CC2)cc1. The quantitative estimate of drug-likeness (QED) is 0.601. The lowest BCUT2D eigenvalue weighted by Crippen LogP contribution is -2.42. The summed E-state index contributed by atoms with van der Waals surface area (Å²) in [4.78, 5) is 20.6. The third kappa shape index (κ3) is 3.95. The molecule has 1 saturated heterocycles. The third-order valence-electron chi connectivity index (χ3n) is 6.31. The lowest BCUT2D eigenvalue weighted by atomic mass is 9.85. The van der Waals surface area contributed by atoms with Crippen LogP contribution in [0.5, 0.6) is 5.75 Å². The number of carbonyl (C=O) groups is 1. The fourth-order valence-electron chi connectivity index (χ4n) is 4.62. The van der Waals surface area contributed by atoms with Crippen molar-refractivity contribution in [2.45, 2.75) is 19.3 Å². The first-order valence-electron chi connectivity index (χ1n) is 11.0. The van der Waals surface area contributed by atoms with Crippen LogP contribution in [0.2, 0.25) is 0 Å². The molecule has 0 atom stereocenters. The molecule has 1 fully saturated rings. The number of ether oxygens (including phenoxy) is 1. The normalized spacial score (nSPS) is 18.0. The second-order valence-electron chi connectivity index (χ2n) is 8.27. The number of rotatable bonds is 3. The summed E-state index contributed by atoms with van der Waals surface area (Å²) in [7, 11) is 0.847. The van der Waals surface area contributed by atoms with Gasteiger partial charge in [0.15, 0.2) is 0 Å². The minimum atomic E-state index is -0.818. The molecule has 0 radical (unpaired) electrons. The Hall–Kier alpha value is -2.99. The summed E-state index contributed by atoms with van der Waals surface area (Å²) in [5.41, 5.74) is 5.86. The van der Waals surface area contributed by atoms with E-state index < -0.39 is 10.8 Å². The molecule has 2 heterocycles. The van der Waals surface area contributed by atoms with Crippen LogP contribution in [0.4, 0.5) is 0 Å². The fraction of sp³-hybridized carbons (Fsp3) is 0.308. The summed E-state index contributed by atoms with van der Waals surface area (Å²) in [5.74, 6) is 1.98. The molecule has 1 aliphatic carbocycles. The van der Waals surface area contributed by atoms with Gasteiger partial charge in [-0.2, -0.15) is 0 Å². The van der Waals surface area contributed by atoms with Crippen LogP contribution in [-0.2, 0) is 17.2 Å². The van der Waals surface area contributed by atoms with Gasteiger partial charge in [0.2, 0.25) is 0 Å². The minimum absolute atomic E-state index is 0.0437. The first-order chi connectivity index (χ1) is 15.6. The van der Waals surface area contributed by atoms with Crippen molar-refractivity contribution in [1.82, 2.24) is 9.88 Å². The van der Waals surface area contributed by atoms with Crippen LogP contribution < -0.4 is 4.74 Å². The Morgan fingerprint density at radius 2 is 1.81 bits per heavy atom. The molecule has 2 aromatic carbocycles. The molecular weight excluding hydrogens is 420 g/mol. The lowest BCUT2D eigenvalue weighted by molar-refractivity contribution is 0.0772.